The molecule has 0 unspecified atom stereocenters. The fourth-order valence-electron chi connectivity index (χ4n) is 4.98. The fraction of sp³-hybridized carbons (Fsp3) is 0.214. The highest BCUT2D eigenvalue weighted by atomic mass is 19.1. The quantitative estimate of drug-likeness (QED) is 0.338. The van der Waals surface area contributed by atoms with E-state index in [4.69, 9.17) is 19.2 Å². The zero-order valence-corrected chi connectivity index (χ0v) is 19.8. The van der Waals surface area contributed by atoms with Crippen molar-refractivity contribution < 1.29 is 28.2 Å². The van der Waals surface area contributed by atoms with Crippen LogP contribution in [0.2, 0.25) is 0 Å². The number of carbonyl (C=O) groups is 2. The molecule has 9 heteroatoms. The Morgan fingerprint density at radius 3 is 2.70 bits per heavy atom. The van der Waals surface area contributed by atoms with Gasteiger partial charge in [-0.3, -0.25) is 4.79 Å². The second-order valence-electron chi connectivity index (χ2n) is 8.98. The summed E-state index contributed by atoms with van der Waals surface area (Å²) in [6.45, 7) is 1.28. The number of hydrogen-bond donors (Lipinski definition) is 0. The molecule has 0 aliphatic carbocycles. The third-order valence-corrected chi connectivity index (χ3v) is 6.84. The molecule has 0 fully saturated rings. The second kappa shape index (κ2) is 8.55. The van der Waals surface area contributed by atoms with Crippen LogP contribution < -0.4 is 10.3 Å². The minimum atomic E-state index is -1.81. The van der Waals surface area contributed by atoms with Crippen molar-refractivity contribution in [3.05, 3.63) is 93.5 Å². The normalized spacial score (nSPS) is 17.5. The molecule has 0 spiro atoms. The third kappa shape index (κ3) is 3.66. The van der Waals surface area contributed by atoms with Gasteiger partial charge in [-0.2, -0.15) is 0 Å². The molecule has 2 aliphatic rings. The molecule has 37 heavy (non-hydrogen) atoms. The van der Waals surface area contributed by atoms with Gasteiger partial charge in [0.1, 0.15) is 18.2 Å². The minimum Gasteiger partial charge on any atom is -0.482 e. The molecule has 8 nitrogen and oxygen atoms in total. The Bertz CT molecular complexity index is 1650. The molecule has 0 saturated carbocycles. The van der Waals surface area contributed by atoms with Gasteiger partial charge in [-0.15, -0.1) is 0 Å². The summed E-state index contributed by atoms with van der Waals surface area (Å²) in [5.41, 5.74) is 1.28. The van der Waals surface area contributed by atoms with Gasteiger partial charge in [0.15, 0.2) is 6.61 Å². The first-order valence-electron chi connectivity index (χ1n) is 11.8. The van der Waals surface area contributed by atoms with Crippen LogP contribution in [0.1, 0.15) is 30.0 Å². The molecular weight excluding hydrogens is 479 g/mol. The molecule has 2 aromatic carbocycles. The number of fused-ring (bicyclic) bond motifs is 5. The van der Waals surface area contributed by atoms with Crippen LogP contribution in [-0.4, -0.2) is 28.1 Å². The minimum absolute atomic E-state index is 0.0437. The van der Waals surface area contributed by atoms with Crippen LogP contribution in [0.25, 0.3) is 22.3 Å². The van der Waals surface area contributed by atoms with Gasteiger partial charge >= 0.3 is 11.9 Å². The van der Waals surface area contributed by atoms with Gasteiger partial charge in [0.2, 0.25) is 5.60 Å². The molecule has 2 aromatic heterocycles. The maximum atomic E-state index is 13.5. The van der Waals surface area contributed by atoms with E-state index in [0.29, 0.717) is 23.5 Å². The molecular formula is C28H21FN2O6. The van der Waals surface area contributed by atoms with Crippen molar-refractivity contribution in [1.29, 1.82) is 0 Å². The Labute approximate surface area is 210 Å². The molecule has 0 amide bonds. The van der Waals surface area contributed by atoms with E-state index < -0.39 is 30.0 Å². The van der Waals surface area contributed by atoms with Crippen LogP contribution in [0.15, 0.2) is 65.5 Å². The summed E-state index contributed by atoms with van der Waals surface area (Å²) in [6, 6.07) is 16.5. The van der Waals surface area contributed by atoms with E-state index >= 15 is 0 Å². The smallest absolute Gasteiger partial charge is 0.355 e. The number of para-hydroxylation sites is 1. The lowest BCUT2D eigenvalue weighted by atomic mass is 9.85. The molecule has 2 aliphatic heterocycles. The van der Waals surface area contributed by atoms with Crippen molar-refractivity contribution >= 4 is 22.8 Å². The summed E-state index contributed by atoms with van der Waals surface area (Å²) in [5, 5.41) is 0.961. The van der Waals surface area contributed by atoms with E-state index in [1.54, 1.807) is 17.6 Å². The van der Waals surface area contributed by atoms with E-state index in [9.17, 15) is 18.8 Å². The maximum absolute atomic E-state index is 13.5. The molecule has 186 valence electrons. The van der Waals surface area contributed by atoms with Crippen LogP contribution in [-0.2, 0) is 37.8 Å². The number of halogens is 1. The van der Waals surface area contributed by atoms with Gasteiger partial charge < -0.3 is 18.8 Å². The molecule has 4 heterocycles. The highest BCUT2D eigenvalue weighted by molar-refractivity contribution is 5.88. The van der Waals surface area contributed by atoms with Crippen molar-refractivity contribution in [2.45, 2.75) is 32.1 Å². The largest absolute Gasteiger partial charge is 0.482 e. The molecule has 1 atom stereocenters. The maximum Gasteiger partial charge on any atom is 0.355 e. The van der Waals surface area contributed by atoms with Crippen molar-refractivity contribution in [2.24, 2.45) is 0 Å². The topological polar surface area (TPSA) is 96.7 Å². The lowest BCUT2D eigenvalue weighted by Crippen LogP contribution is -2.48. The van der Waals surface area contributed by atoms with Crippen molar-refractivity contribution in [2.75, 3.05) is 6.61 Å². The molecule has 0 bridgehead atoms. The Kier molecular flexibility index (Phi) is 5.29. The Balaban J connectivity index is 1.39. The lowest BCUT2D eigenvalue weighted by molar-refractivity contribution is -0.190. The molecule has 0 N–H and O–H groups in total. The van der Waals surface area contributed by atoms with E-state index in [1.165, 1.54) is 24.3 Å². The van der Waals surface area contributed by atoms with E-state index in [2.05, 4.69) is 0 Å². The molecule has 6 rings (SSSR count). The number of esters is 2. The lowest BCUT2D eigenvalue weighted by Gasteiger charge is -2.35. The predicted molar refractivity (Wildman–Crippen MR) is 130 cm³/mol. The number of hydrogen-bond acceptors (Lipinski definition) is 7. The van der Waals surface area contributed by atoms with Gasteiger partial charge in [-0.05, 0) is 48.9 Å². The van der Waals surface area contributed by atoms with Crippen LogP contribution >= 0.6 is 0 Å². The van der Waals surface area contributed by atoms with Crippen molar-refractivity contribution in [3.63, 3.8) is 0 Å². The number of rotatable bonds is 5. The van der Waals surface area contributed by atoms with Crippen LogP contribution in [0.4, 0.5) is 4.39 Å². The first-order valence-corrected chi connectivity index (χ1v) is 11.8. The highest BCUT2D eigenvalue weighted by Gasteiger charge is 2.50. The van der Waals surface area contributed by atoms with Gasteiger partial charge in [-0.25, -0.2) is 19.0 Å². The standard InChI is InChI=1S/C28H21FN2O6/c1-2-28(37-24(32)15-35-19-9-7-18(29)8-10-19)21-12-23-25-17(11-16-5-3-4-6-22(16)30-25)13-31(23)26(33)20(21)14-36-27(28)34/h3-12H,2,13-15H2,1H3/t28-/m0/s1. The first kappa shape index (κ1) is 22.9. The van der Waals surface area contributed by atoms with E-state index in [0.717, 1.165) is 16.5 Å². The Hall–Kier alpha value is -4.53. The number of cyclic esters (lactones) is 1. The van der Waals surface area contributed by atoms with E-state index in [1.807, 2.05) is 30.3 Å². The summed E-state index contributed by atoms with van der Waals surface area (Å²) < 4.78 is 31.2. The number of aromatic nitrogens is 2. The SMILES string of the molecule is CC[C@@]1(OC(=O)COc2ccc(F)cc2)C(=O)OCc2c1cc1n(c2=O)Cc2cc3ccccc3nc2-1. The van der Waals surface area contributed by atoms with Crippen LogP contribution in [0.5, 0.6) is 5.75 Å². The first-order chi connectivity index (χ1) is 17.9. The number of nitrogens with zero attached hydrogens (tertiary/aromatic N) is 2. The fourth-order valence-corrected chi connectivity index (χ4v) is 4.98. The summed E-state index contributed by atoms with van der Waals surface area (Å²) in [5.74, 6) is -1.77. The zero-order chi connectivity index (χ0) is 25.7. The van der Waals surface area contributed by atoms with Gasteiger partial charge in [0.05, 0.1) is 29.0 Å². The number of benzene rings is 2. The average molecular weight is 500 g/mol. The molecule has 4 aromatic rings. The van der Waals surface area contributed by atoms with Crippen LogP contribution in [0.3, 0.4) is 0 Å². The van der Waals surface area contributed by atoms with Crippen molar-refractivity contribution in [1.82, 2.24) is 9.55 Å². The number of ether oxygens (including phenoxy) is 3. The van der Waals surface area contributed by atoms with Gasteiger partial charge in [-0.1, -0.05) is 25.1 Å². The van der Waals surface area contributed by atoms with Crippen molar-refractivity contribution in [3.8, 4) is 17.1 Å². The Morgan fingerprint density at radius 2 is 1.92 bits per heavy atom. The van der Waals surface area contributed by atoms with E-state index in [-0.39, 0.29) is 29.9 Å². The average Bonchev–Trinajstić information content (AvgIpc) is 3.26. The summed E-state index contributed by atoms with van der Waals surface area (Å²) in [6.07, 6.45) is 0.0437. The Morgan fingerprint density at radius 1 is 1.14 bits per heavy atom. The van der Waals surface area contributed by atoms with Gasteiger partial charge in [0, 0.05) is 16.5 Å². The molecule has 0 saturated heterocycles. The van der Waals surface area contributed by atoms with Gasteiger partial charge in [0.25, 0.3) is 5.56 Å². The zero-order valence-electron chi connectivity index (χ0n) is 19.8. The summed E-state index contributed by atoms with van der Waals surface area (Å²) in [7, 11) is 0. The van der Waals surface area contributed by atoms with Crippen LogP contribution in [0, 0.1) is 5.82 Å². The highest BCUT2D eigenvalue weighted by Crippen LogP contribution is 2.41. The second-order valence-corrected chi connectivity index (χ2v) is 8.98. The number of pyridine rings is 2. The summed E-state index contributed by atoms with van der Waals surface area (Å²) in [4.78, 5) is 44.2. The third-order valence-electron chi connectivity index (χ3n) is 6.84. The summed E-state index contributed by atoms with van der Waals surface area (Å²) >= 11 is 0. The number of carbonyl (C=O) groups excluding carboxylic acids is 2. The monoisotopic (exact) mass is 500 g/mol. The predicted octanol–water partition coefficient (Wildman–Crippen LogP) is 3.85. The molecule has 0 radical (unpaired) electrons.